The average molecular weight is 324 g/mol. The predicted molar refractivity (Wildman–Crippen MR) is 95.3 cm³/mol. The molecular weight excluding hydrogens is 300 g/mol. The monoisotopic (exact) mass is 324 g/mol. The van der Waals surface area contributed by atoms with E-state index in [0.717, 1.165) is 30.9 Å². The van der Waals surface area contributed by atoms with Gasteiger partial charge in [0.25, 0.3) is 5.91 Å². The van der Waals surface area contributed by atoms with Gasteiger partial charge in [0.05, 0.1) is 13.2 Å². The molecule has 3 rings (SSSR count). The molecule has 0 bridgehead atoms. The van der Waals surface area contributed by atoms with E-state index in [9.17, 15) is 4.79 Å². The molecule has 0 aromatic heterocycles. The number of nitrogens with zero attached hydrogens (tertiary/aromatic N) is 1. The number of nitrogens with one attached hydrogen (secondary N) is 1. The number of methoxy groups -OCH3 is 1. The van der Waals surface area contributed by atoms with Gasteiger partial charge in [-0.3, -0.25) is 4.79 Å². The first-order chi connectivity index (χ1) is 11.8. The van der Waals surface area contributed by atoms with Gasteiger partial charge in [0.1, 0.15) is 5.75 Å². The zero-order valence-electron chi connectivity index (χ0n) is 14.1. The van der Waals surface area contributed by atoms with Crippen molar-refractivity contribution in [2.75, 3.05) is 26.7 Å². The molecule has 0 spiro atoms. The molecule has 1 atom stereocenters. The summed E-state index contributed by atoms with van der Waals surface area (Å²) in [6.45, 7) is 3.08. The van der Waals surface area contributed by atoms with Gasteiger partial charge >= 0.3 is 0 Å². The molecule has 1 heterocycles. The standard InChI is InChI=1S/C20H24N2O2/c1-24-18-11-9-17(10-12-18)20(23)21-19(15-22-13-5-6-14-22)16-7-3-2-4-8-16/h2-4,7-12,19H,5-6,13-15H2,1H3,(H,21,23). The Hall–Kier alpha value is -2.33. The van der Waals surface area contributed by atoms with Crippen LogP contribution in [0.4, 0.5) is 0 Å². The molecule has 24 heavy (non-hydrogen) atoms. The third-order valence-corrected chi connectivity index (χ3v) is 4.50. The van der Waals surface area contributed by atoms with E-state index in [-0.39, 0.29) is 11.9 Å². The van der Waals surface area contributed by atoms with Crippen LogP contribution in [-0.2, 0) is 0 Å². The summed E-state index contributed by atoms with van der Waals surface area (Å²) in [6, 6.07) is 17.4. The van der Waals surface area contributed by atoms with Crippen LogP contribution in [0.25, 0.3) is 0 Å². The third-order valence-electron chi connectivity index (χ3n) is 4.50. The van der Waals surface area contributed by atoms with Crippen molar-refractivity contribution in [3.05, 3.63) is 65.7 Å². The van der Waals surface area contributed by atoms with Gasteiger partial charge in [-0.1, -0.05) is 30.3 Å². The largest absolute Gasteiger partial charge is 0.497 e. The van der Waals surface area contributed by atoms with Crippen LogP contribution in [0.15, 0.2) is 54.6 Å². The summed E-state index contributed by atoms with van der Waals surface area (Å²) in [5.74, 6) is 0.703. The summed E-state index contributed by atoms with van der Waals surface area (Å²) >= 11 is 0. The first-order valence-electron chi connectivity index (χ1n) is 8.48. The zero-order chi connectivity index (χ0) is 16.8. The number of carbonyl (C=O) groups is 1. The van der Waals surface area contributed by atoms with E-state index in [2.05, 4.69) is 22.3 Å². The quantitative estimate of drug-likeness (QED) is 0.887. The van der Waals surface area contributed by atoms with Gasteiger partial charge in [-0.15, -0.1) is 0 Å². The summed E-state index contributed by atoms with van der Waals surface area (Å²) < 4.78 is 5.15. The zero-order valence-corrected chi connectivity index (χ0v) is 14.1. The van der Waals surface area contributed by atoms with Crippen molar-refractivity contribution in [2.24, 2.45) is 0 Å². The number of carbonyl (C=O) groups excluding carboxylic acids is 1. The molecule has 0 saturated carbocycles. The fourth-order valence-electron chi connectivity index (χ4n) is 3.13. The number of hydrogen-bond donors (Lipinski definition) is 1. The maximum atomic E-state index is 12.6. The maximum Gasteiger partial charge on any atom is 0.251 e. The average Bonchev–Trinajstić information content (AvgIpc) is 3.15. The van der Waals surface area contributed by atoms with Crippen LogP contribution in [0.5, 0.6) is 5.75 Å². The first-order valence-corrected chi connectivity index (χ1v) is 8.48. The van der Waals surface area contributed by atoms with Crippen LogP contribution < -0.4 is 10.1 Å². The molecule has 4 nitrogen and oxygen atoms in total. The molecular formula is C20H24N2O2. The number of benzene rings is 2. The van der Waals surface area contributed by atoms with Crippen molar-refractivity contribution in [3.63, 3.8) is 0 Å². The van der Waals surface area contributed by atoms with Gasteiger partial charge in [-0.05, 0) is 55.8 Å². The summed E-state index contributed by atoms with van der Waals surface area (Å²) in [5, 5.41) is 3.19. The molecule has 1 N–H and O–H groups in total. The second-order valence-electron chi connectivity index (χ2n) is 6.17. The highest BCUT2D eigenvalue weighted by Crippen LogP contribution is 2.19. The van der Waals surface area contributed by atoms with Crippen molar-refractivity contribution in [1.29, 1.82) is 0 Å². The van der Waals surface area contributed by atoms with Crippen molar-refractivity contribution in [2.45, 2.75) is 18.9 Å². The number of likely N-dealkylation sites (tertiary alicyclic amines) is 1. The van der Waals surface area contributed by atoms with Gasteiger partial charge in [0.2, 0.25) is 0 Å². The van der Waals surface area contributed by atoms with Crippen LogP contribution >= 0.6 is 0 Å². The van der Waals surface area contributed by atoms with Crippen molar-refractivity contribution >= 4 is 5.91 Å². The second-order valence-corrected chi connectivity index (χ2v) is 6.17. The van der Waals surface area contributed by atoms with Crippen LogP contribution in [0, 0.1) is 0 Å². The van der Waals surface area contributed by atoms with Gasteiger partial charge in [0.15, 0.2) is 0 Å². The topological polar surface area (TPSA) is 41.6 Å². The number of amides is 1. The number of rotatable bonds is 6. The summed E-state index contributed by atoms with van der Waals surface area (Å²) in [4.78, 5) is 15.1. The molecule has 126 valence electrons. The minimum atomic E-state index is -0.0503. The molecule has 2 aromatic rings. The smallest absolute Gasteiger partial charge is 0.251 e. The molecule has 1 amide bonds. The van der Waals surface area contributed by atoms with Gasteiger partial charge in [-0.25, -0.2) is 0 Å². The predicted octanol–water partition coefficient (Wildman–Crippen LogP) is 3.26. The van der Waals surface area contributed by atoms with E-state index in [1.165, 1.54) is 12.8 Å². The second kappa shape index (κ2) is 7.97. The Morgan fingerprint density at radius 2 is 1.75 bits per heavy atom. The van der Waals surface area contributed by atoms with Gasteiger partial charge in [-0.2, -0.15) is 0 Å². The summed E-state index contributed by atoms with van der Waals surface area (Å²) in [5.41, 5.74) is 1.80. The SMILES string of the molecule is COc1ccc(C(=O)NC(CN2CCCC2)c2ccccc2)cc1. The maximum absolute atomic E-state index is 12.6. The Balaban J connectivity index is 1.73. The Morgan fingerprint density at radius 1 is 1.08 bits per heavy atom. The van der Waals surface area contributed by atoms with E-state index in [4.69, 9.17) is 4.74 Å². The van der Waals surface area contributed by atoms with Gasteiger partial charge in [0, 0.05) is 12.1 Å². The lowest BCUT2D eigenvalue weighted by Crippen LogP contribution is -2.37. The highest BCUT2D eigenvalue weighted by molar-refractivity contribution is 5.94. The van der Waals surface area contributed by atoms with E-state index < -0.39 is 0 Å². The van der Waals surface area contributed by atoms with E-state index in [0.29, 0.717) is 5.56 Å². The fourth-order valence-corrected chi connectivity index (χ4v) is 3.13. The van der Waals surface area contributed by atoms with Crippen LogP contribution in [0.3, 0.4) is 0 Å². The lowest BCUT2D eigenvalue weighted by atomic mass is 10.1. The van der Waals surface area contributed by atoms with E-state index in [1.807, 2.05) is 30.3 Å². The molecule has 0 radical (unpaired) electrons. The fraction of sp³-hybridized carbons (Fsp3) is 0.350. The number of hydrogen-bond acceptors (Lipinski definition) is 3. The molecule has 1 fully saturated rings. The lowest BCUT2D eigenvalue weighted by Gasteiger charge is -2.25. The summed E-state index contributed by atoms with van der Waals surface area (Å²) in [6.07, 6.45) is 2.49. The molecule has 1 aliphatic rings. The van der Waals surface area contributed by atoms with Crippen molar-refractivity contribution in [3.8, 4) is 5.75 Å². The molecule has 4 heteroatoms. The van der Waals surface area contributed by atoms with Crippen molar-refractivity contribution in [1.82, 2.24) is 10.2 Å². The molecule has 1 saturated heterocycles. The van der Waals surface area contributed by atoms with E-state index >= 15 is 0 Å². The van der Waals surface area contributed by atoms with Crippen LogP contribution in [0.2, 0.25) is 0 Å². The van der Waals surface area contributed by atoms with Crippen LogP contribution in [-0.4, -0.2) is 37.6 Å². The van der Waals surface area contributed by atoms with Crippen molar-refractivity contribution < 1.29 is 9.53 Å². The first kappa shape index (κ1) is 16.5. The molecule has 1 unspecified atom stereocenters. The Labute approximate surface area is 143 Å². The number of ether oxygens (including phenoxy) is 1. The Kier molecular flexibility index (Phi) is 5.49. The molecule has 0 aliphatic carbocycles. The Bertz CT molecular complexity index is 649. The molecule has 2 aromatic carbocycles. The van der Waals surface area contributed by atoms with E-state index in [1.54, 1.807) is 19.2 Å². The van der Waals surface area contributed by atoms with Crippen LogP contribution in [0.1, 0.15) is 34.8 Å². The normalized spacial score (nSPS) is 15.9. The third kappa shape index (κ3) is 4.15. The highest BCUT2D eigenvalue weighted by atomic mass is 16.5. The minimum Gasteiger partial charge on any atom is -0.497 e. The summed E-state index contributed by atoms with van der Waals surface area (Å²) in [7, 11) is 1.62. The Morgan fingerprint density at radius 3 is 2.38 bits per heavy atom. The minimum absolute atomic E-state index is 0.00102. The lowest BCUT2D eigenvalue weighted by molar-refractivity contribution is 0.0927. The molecule has 1 aliphatic heterocycles. The highest BCUT2D eigenvalue weighted by Gasteiger charge is 2.21. The van der Waals surface area contributed by atoms with Gasteiger partial charge < -0.3 is 15.0 Å².